The maximum atomic E-state index is 6.11. The summed E-state index contributed by atoms with van der Waals surface area (Å²) in [6.45, 7) is 9.52. The molecule has 2 aromatic heterocycles. The van der Waals surface area contributed by atoms with Crippen LogP contribution >= 0.6 is 0 Å². The number of aromatic nitrogens is 2. The van der Waals surface area contributed by atoms with Gasteiger partial charge in [-0.15, -0.1) is 0 Å². The lowest BCUT2D eigenvalue weighted by Gasteiger charge is -2.39. The van der Waals surface area contributed by atoms with Crippen molar-refractivity contribution in [2.24, 2.45) is 10.8 Å². The van der Waals surface area contributed by atoms with Crippen LogP contribution in [0.3, 0.4) is 0 Å². The molecule has 0 saturated carbocycles. The fourth-order valence-corrected chi connectivity index (χ4v) is 7.17. The van der Waals surface area contributed by atoms with E-state index in [2.05, 4.69) is 88.5 Å². The second kappa shape index (κ2) is 4.43. The van der Waals surface area contributed by atoms with Crippen LogP contribution in [-0.2, 0) is 10.6 Å². The van der Waals surface area contributed by atoms with E-state index >= 15 is 0 Å². The smallest absolute Gasteiger partial charge is 0.489 e. The molecule has 5 nitrogen and oxygen atoms in total. The van der Waals surface area contributed by atoms with E-state index in [1.807, 2.05) is 7.11 Å². The molecule has 154 valence electrons. The van der Waals surface area contributed by atoms with E-state index in [1.165, 1.54) is 44.9 Å². The normalized spacial score (nSPS) is 28.9. The number of hydrogen-bond acceptors (Lipinski definition) is 1. The number of hydrogen-bond donors (Lipinski definition) is 0. The van der Waals surface area contributed by atoms with Crippen LogP contribution in [0.5, 0.6) is 0 Å². The Morgan fingerprint density at radius 2 is 1.61 bits per heavy atom. The first-order valence-corrected chi connectivity index (χ1v) is 11.3. The molecule has 0 unspecified atom stereocenters. The number of rotatable bonds is 1. The molecule has 2 aromatic rings. The van der Waals surface area contributed by atoms with E-state index in [4.69, 9.17) is 4.74 Å². The van der Waals surface area contributed by atoms with Gasteiger partial charge in [0.2, 0.25) is 22.9 Å². The van der Waals surface area contributed by atoms with Crippen molar-refractivity contribution >= 4 is 35.4 Å². The largest absolute Gasteiger partial charge is 0.552 e. The summed E-state index contributed by atoms with van der Waals surface area (Å²) < 4.78 is 16.4. The van der Waals surface area contributed by atoms with Crippen molar-refractivity contribution in [3.8, 4) is 0 Å². The number of ether oxygens (including phenoxy) is 1. The zero-order valence-corrected chi connectivity index (χ0v) is 18.7. The van der Waals surface area contributed by atoms with Gasteiger partial charge in [0.05, 0.1) is 40.8 Å². The molecule has 6 aliphatic rings. The minimum Gasteiger partial charge on any atom is -0.489 e. The van der Waals surface area contributed by atoms with Gasteiger partial charge in [-0.1, -0.05) is 9.15 Å². The van der Waals surface area contributed by atoms with Gasteiger partial charge in [0.1, 0.15) is 5.69 Å². The first-order valence-electron chi connectivity index (χ1n) is 11.3. The third kappa shape index (κ3) is 1.46. The molecule has 5 heteroatoms. The molecule has 0 aliphatic carbocycles. The molecule has 0 aromatic carbocycles. The van der Waals surface area contributed by atoms with E-state index in [0.717, 1.165) is 18.6 Å². The van der Waals surface area contributed by atoms with Crippen LogP contribution in [0.25, 0.3) is 24.0 Å². The predicted molar refractivity (Wildman–Crippen MR) is 120 cm³/mol. The van der Waals surface area contributed by atoms with Crippen LogP contribution in [-0.4, -0.2) is 36.8 Å². The minimum atomic E-state index is -0.487. The lowest BCUT2D eigenvalue weighted by molar-refractivity contribution is -0.838. The second-order valence-corrected chi connectivity index (χ2v) is 11.1. The quantitative estimate of drug-likeness (QED) is 0.663. The fourth-order valence-electron chi connectivity index (χ4n) is 7.17. The van der Waals surface area contributed by atoms with Gasteiger partial charge in [0, 0.05) is 24.6 Å². The molecule has 0 radical (unpaired) electrons. The third-order valence-electron chi connectivity index (χ3n) is 8.29. The molecule has 0 saturated heterocycles. The van der Waals surface area contributed by atoms with Gasteiger partial charge in [0.15, 0.2) is 5.71 Å². The van der Waals surface area contributed by atoms with Crippen LogP contribution in [0.15, 0.2) is 35.7 Å². The first kappa shape index (κ1) is 16.6. The maximum Gasteiger partial charge on any atom is 0.552 e. The SMILES string of the molecule is COC1=C2CC(C)(C)C3=[N+]2[C@@]24n5c(ccc51)C=C1[N+]2=C(C=c2ccc(n24)=C3)CC1(C)C. The zero-order chi connectivity index (χ0) is 21.1. The van der Waals surface area contributed by atoms with E-state index in [0.29, 0.717) is 0 Å². The Kier molecular flexibility index (Phi) is 2.37. The predicted octanol–water partition coefficient (Wildman–Crippen LogP) is 2.44. The number of nitrogens with zero attached hydrogens (tertiary/aromatic N) is 4. The van der Waals surface area contributed by atoms with Crippen molar-refractivity contribution in [3.05, 3.63) is 57.7 Å². The Balaban J connectivity index is 1.70. The highest BCUT2D eigenvalue weighted by Gasteiger charge is 2.75. The molecule has 31 heavy (non-hydrogen) atoms. The van der Waals surface area contributed by atoms with E-state index < -0.39 is 5.91 Å². The summed E-state index contributed by atoms with van der Waals surface area (Å²) in [7, 11) is 1.82. The summed E-state index contributed by atoms with van der Waals surface area (Å²) in [6, 6.07) is 9.11. The zero-order valence-electron chi connectivity index (χ0n) is 18.7. The Morgan fingerprint density at radius 3 is 2.39 bits per heavy atom. The van der Waals surface area contributed by atoms with Gasteiger partial charge in [-0.25, -0.2) is 0 Å². The second-order valence-electron chi connectivity index (χ2n) is 11.1. The molecule has 1 atom stereocenters. The van der Waals surface area contributed by atoms with Gasteiger partial charge >= 0.3 is 5.91 Å². The third-order valence-corrected chi connectivity index (χ3v) is 8.29. The van der Waals surface area contributed by atoms with Crippen molar-refractivity contribution in [2.45, 2.75) is 46.4 Å². The van der Waals surface area contributed by atoms with Crippen molar-refractivity contribution < 1.29 is 13.9 Å². The molecular formula is C26H26N4O+2. The van der Waals surface area contributed by atoms with E-state index in [9.17, 15) is 0 Å². The van der Waals surface area contributed by atoms with Crippen LogP contribution < -0.4 is 10.7 Å². The van der Waals surface area contributed by atoms with Crippen LogP contribution in [0.2, 0.25) is 0 Å². The van der Waals surface area contributed by atoms with Crippen LogP contribution in [0.4, 0.5) is 0 Å². The van der Waals surface area contributed by atoms with Gasteiger partial charge in [-0.3, -0.25) is 0 Å². The van der Waals surface area contributed by atoms with Crippen LogP contribution in [0, 0.1) is 10.8 Å². The standard InChI is InChI=1S/C26H26N4O/c1-24(2)13-18-10-15-6-7-16-11-22-25(3,4)14-20-23(31-5)19-9-8-17-12-21(24)29(18)26(27(15)16,28(17)19)30(20)22/h6-12H,13-14H2,1-5H3/q+2/t26-/m0/s1. The van der Waals surface area contributed by atoms with Crippen molar-refractivity contribution in [3.63, 3.8) is 0 Å². The number of allylic oxidation sites excluding steroid dienone is 2. The average molecular weight is 411 g/mol. The molecule has 6 aliphatic heterocycles. The summed E-state index contributed by atoms with van der Waals surface area (Å²) in [4.78, 5) is 0. The molecule has 1 spiro atoms. The molecule has 0 amide bonds. The van der Waals surface area contributed by atoms with E-state index in [-0.39, 0.29) is 10.8 Å². The van der Waals surface area contributed by atoms with Crippen LogP contribution in [0.1, 0.15) is 51.9 Å². The Hall–Kier alpha value is -3.08. The summed E-state index contributed by atoms with van der Waals surface area (Å²) in [5.74, 6) is 0.524. The average Bonchev–Trinajstić information content (AvgIpc) is 3.43. The van der Waals surface area contributed by atoms with Gasteiger partial charge in [-0.05, 0) is 52.0 Å². The minimum absolute atomic E-state index is 0.0334. The summed E-state index contributed by atoms with van der Waals surface area (Å²) in [6.07, 6.45) is 9.23. The van der Waals surface area contributed by atoms with Gasteiger partial charge in [0.25, 0.3) is 0 Å². The van der Waals surface area contributed by atoms with Gasteiger partial charge in [-0.2, -0.15) is 9.13 Å². The Morgan fingerprint density at radius 1 is 0.839 bits per heavy atom. The molecule has 0 N–H and O–H groups in total. The van der Waals surface area contributed by atoms with Crippen molar-refractivity contribution in [2.75, 3.05) is 7.11 Å². The summed E-state index contributed by atoms with van der Waals surface area (Å²) in [5.41, 5.74) is 8.04. The van der Waals surface area contributed by atoms with E-state index in [1.54, 1.807) is 0 Å². The lowest BCUT2D eigenvalue weighted by atomic mass is 9.85. The summed E-state index contributed by atoms with van der Waals surface area (Å²) in [5, 5.41) is 2.56. The summed E-state index contributed by atoms with van der Waals surface area (Å²) >= 11 is 0. The molecule has 0 fully saturated rings. The maximum absolute atomic E-state index is 6.11. The highest BCUT2D eigenvalue weighted by molar-refractivity contribution is 6.12. The van der Waals surface area contributed by atoms with Crippen molar-refractivity contribution in [1.29, 1.82) is 0 Å². The van der Waals surface area contributed by atoms with Gasteiger partial charge < -0.3 is 4.74 Å². The molecule has 0 bridgehead atoms. The first-order chi connectivity index (χ1) is 14.8. The molecule has 8 rings (SSSR count). The highest BCUT2D eigenvalue weighted by Crippen LogP contribution is 2.55. The Labute approximate surface area is 180 Å². The highest BCUT2D eigenvalue weighted by atomic mass is 16.5. The number of methoxy groups -OCH3 is 1. The molecular weight excluding hydrogens is 384 g/mol. The topological polar surface area (TPSA) is 25.1 Å². The lowest BCUT2D eigenvalue weighted by Crippen LogP contribution is -2.70. The van der Waals surface area contributed by atoms with Crippen molar-refractivity contribution in [1.82, 2.24) is 9.13 Å². The Bertz CT molecular complexity index is 1560. The monoisotopic (exact) mass is 410 g/mol. The molecule has 8 heterocycles. The fraction of sp³-hybridized carbons (Fsp3) is 0.385.